The molecule has 0 spiro atoms. The second-order valence-corrected chi connectivity index (χ2v) is 10.5. The van der Waals surface area contributed by atoms with E-state index < -0.39 is 0 Å². The van der Waals surface area contributed by atoms with Crippen LogP contribution in [-0.4, -0.2) is 11.2 Å². The van der Waals surface area contributed by atoms with Crippen molar-refractivity contribution < 1.29 is 5.11 Å². The van der Waals surface area contributed by atoms with Gasteiger partial charge in [-0.25, -0.2) is 0 Å². The average Bonchev–Trinajstić information content (AvgIpc) is 3.01. The summed E-state index contributed by atoms with van der Waals surface area (Å²) in [6.07, 6.45) is 18.7. The minimum absolute atomic E-state index is 0.0702. The number of rotatable bonds is 4. The molecule has 0 saturated heterocycles. The molecule has 4 rings (SSSR count). The lowest BCUT2D eigenvalue weighted by Gasteiger charge is -2.58. The average molecular weight is 375 g/mol. The second-order valence-electron chi connectivity index (χ2n) is 10.5. The fourth-order valence-electron chi connectivity index (χ4n) is 7.87. The molecule has 7 atom stereocenters. The summed E-state index contributed by atoms with van der Waals surface area (Å²) in [6.45, 7) is 11.6. The Kier molecular flexibility index (Phi) is 6.82. The second kappa shape index (κ2) is 8.60. The molecule has 0 bridgehead atoms. The van der Waals surface area contributed by atoms with Crippen LogP contribution in [0.3, 0.4) is 0 Å². The highest BCUT2D eigenvalue weighted by molar-refractivity contribution is 5.25. The Hall–Kier alpha value is -0.300. The topological polar surface area (TPSA) is 20.2 Å². The van der Waals surface area contributed by atoms with Crippen molar-refractivity contribution >= 4 is 0 Å². The van der Waals surface area contributed by atoms with Gasteiger partial charge in [-0.1, -0.05) is 65.5 Å². The lowest BCUT2D eigenvalue weighted by atomic mass is 9.47. The Balaban J connectivity index is 0.00000102. The lowest BCUT2D eigenvalue weighted by molar-refractivity contribution is -0.0508. The molecule has 27 heavy (non-hydrogen) atoms. The van der Waals surface area contributed by atoms with Crippen LogP contribution in [0.5, 0.6) is 0 Å². The zero-order valence-corrected chi connectivity index (χ0v) is 18.9. The van der Waals surface area contributed by atoms with Crippen molar-refractivity contribution in [2.24, 2.45) is 34.5 Å². The van der Waals surface area contributed by atoms with E-state index in [2.05, 4.69) is 26.8 Å². The summed E-state index contributed by atoms with van der Waals surface area (Å²) in [4.78, 5) is 0. The van der Waals surface area contributed by atoms with Crippen LogP contribution in [0, 0.1) is 34.5 Å². The Labute approximate surface area is 169 Å². The molecule has 4 aliphatic carbocycles. The molecular weight excluding hydrogens is 328 g/mol. The predicted molar refractivity (Wildman–Crippen MR) is 117 cm³/mol. The molecule has 1 N–H and O–H groups in total. The van der Waals surface area contributed by atoms with Crippen LogP contribution in [-0.2, 0) is 0 Å². The maximum absolute atomic E-state index is 10.1. The molecule has 7 unspecified atom stereocenters. The summed E-state index contributed by atoms with van der Waals surface area (Å²) in [5, 5.41) is 10.1. The quantitative estimate of drug-likeness (QED) is 0.398. The molecule has 3 fully saturated rings. The molecule has 0 aliphatic heterocycles. The molecule has 4 aliphatic rings. The summed E-state index contributed by atoms with van der Waals surface area (Å²) in [5.41, 5.74) is 2.66. The van der Waals surface area contributed by atoms with Crippen molar-refractivity contribution in [3.8, 4) is 0 Å². The van der Waals surface area contributed by atoms with Gasteiger partial charge in [0.2, 0.25) is 0 Å². The molecule has 1 nitrogen and oxygen atoms in total. The molecule has 0 aromatic heterocycles. The molecule has 0 amide bonds. The van der Waals surface area contributed by atoms with Gasteiger partial charge in [0, 0.05) is 0 Å². The van der Waals surface area contributed by atoms with Crippen molar-refractivity contribution in [3.05, 3.63) is 11.6 Å². The zero-order chi connectivity index (χ0) is 19.7. The monoisotopic (exact) mass is 374 g/mol. The third-order valence-electron chi connectivity index (χ3n) is 9.43. The predicted octanol–water partition coefficient (Wildman–Crippen LogP) is 7.53. The number of aliphatic hydroxyl groups is 1. The maximum atomic E-state index is 10.1. The van der Waals surface area contributed by atoms with Crippen molar-refractivity contribution in [2.75, 3.05) is 0 Å². The summed E-state index contributed by atoms with van der Waals surface area (Å²) in [5.74, 6) is 3.79. The van der Waals surface area contributed by atoms with Crippen LogP contribution in [0.2, 0.25) is 0 Å². The van der Waals surface area contributed by atoms with E-state index in [-0.39, 0.29) is 6.10 Å². The van der Waals surface area contributed by atoms with Gasteiger partial charge in [-0.3, -0.25) is 0 Å². The van der Waals surface area contributed by atoms with E-state index in [0.29, 0.717) is 10.8 Å². The first-order chi connectivity index (χ1) is 13.0. The first-order valence-electron chi connectivity index (χ1n) is 12.4. The van der Waals surface area contributed by atoms with Crippen LogP contribution in [0.15, 0.2) is 11.6 Å². The van der Waals surface area contributed by atoms with Gasteiger partial charge in [-0.15, -0.1) is 0 Å². The molecule has 0 radical (unpaired) electrons. The van der Waals surface area contributed by atoms with Crippen LogP contribution in [0.4, 0.5) is 0 Å². The number of allylic oxidation sites excluding steroid dienone is 1. The van der Waals surface area contributed by atoms with E-state index >= 15 is 0 Å². The van der Waals surface area contributed by atoms with Gasteiger partial charge in [0.05, 0.1) is 6.10 Å². The summed E-state index contributed by atoms with van der Waals surface area (Å²) >= 11 is 0. The van der Waals surface area contributed by atoms with Crippen LogP contribution in [0.1, 0.15) is 112 Å². The molecule has 3 saturated carbocycles. The largest absolute Gasteiger partial charge is 0.393 e. The van der Waals surface area contributed by atoms with E-state index in [4.69, 9.17) is 0 Å². The molecular formula is C26H46O. The van der Waals surface area contributed by atoms with Gasteiger partial charge in [0.25, 0.3) is 0 Å². The van der Waals surface area contributed by atoms with Crippen LogP contribution >= 0.6 is 0 Å². The van der Waals surface area contributed by atoms with E-state index in [0.717, 1.165) is 36.5 Å². The van der Waals surface area contributed by atoms with E-state index in [1.807, 2.05) is 13.8 Å². The highest BCUT2D eigenvalue weighted by Gasteiger charge is 2.58. The number of hydrogen-bond acceptors (Lipinski definition) is 1. The Morgan fingerprint density at radius 3 is 2.52 bits per heavy atom. The molecule has 0 aromatic rings. The van der Waals surface area contributed by atoms with Crippen molar-refractivity contribution in [1.82, 2.24) is 0 Å². The Morgan fingerprint density at radius 2 is 1.78 bits per heavy atom. The zero-order valence-electron chi connectivity index (χ0n) is 18.9. The maximum Gasteiger partial charge on any atom is 0.0577 e. The van der Waals surface area contributed by atoms with Gasteiger partial charge in [0.1, 0.15) is 0 Å². The van der Waals surface area contributed by atoms with Gasteiger partial charge in [-0.05, 0) is 92.3 Å². The van der Waals surface area contributed by atoms with Gasteiger partial charge >= 0.3 is 0 Å². The Morgan fingerprint density at radius 1 is 1.00 bits per heavy atom. The molecule has 156 valence electrons. The molecule has 0 heterocycles. The first-order valence-corrected chi connectivity index (χ1v) is 12.4. The standard InChI is InChI=1S/C24H40O.C2H6/c1-4-5-6-7-17-9-11-21-20-10-8-18-16-19(25)12-14-24(18,3)22(20)13-15-23(17,21)2;1-2/h8,17,19-22,25H,4-7,9-16H2,1-3H3;1-2H3. The minimum Gasteiger partial charge on any atom is -0.393 e. The summed E-state index contributed by atoms with van der Waals surface area (Å²) in [7, 11) is 0. The van der Waals surface area contributed by atoms with Gasteiger partial charge in [-0.2, -0.15) is 0 Å². The van der Waals surface area contributed by atoms with Crippen molar-refractivity contribution in [2.45, 2.75) is 118 Å². The SMILES string of the molecule is CC.CCCCCC1CCC2C3CC=C4CC(O)CCC4(C)C3CCC12C. The van der Waals surface area contributed by atoms with Crippen LogP contribution < -0.4 is 0 Å². The fraction of sp³-hybridized carbons (Fsp3) is 0.923. The number of aliphatic hydroxyl groups excluding tert-OH is 1. The van der Waals surface area contributed by atoms with E-state index in [1.54, 1.807) is 5.57 Å². The van der Waals surface area contributed by atoms with Gasteiger partial charge in [0.15, 0.2) is 0 Å². The van der Waals surface area contributed by atoms with Crippen molar-refractivity contribution in [3.63, 3.8) is 0 Å². The number of hydrogen-bond donors (Lipinski definition) is 1. The molecule has 1 heteroatoms. The highest BCUT2D eigenvalue weighted by Crippen LogP contribution is 2.66. The first kappa shape index (κ1) is 21.4. The third kappa shape index (κ3) is 3.67. The van der Waals surface area contributed by atoms with E-state index in [1.165, 1.54) is 64.2 Å². The normalized spacial score (nSPS) is 45.7. The number of fused-ring (bicyclic) bond motifs is 5. The van der Waals surface area contributed by atoms with Crippen LogP contribution in [0.25, 0.3) is 0 Å². The summed E-state index contributed by atoms with van der Waals surface area (Å²) < 4.78 is 0. The fourth-order valence-corrected chi connectivity index (χ4v) is 7.87. The smallest absolute Gasteiger partial charge is 0.0577 e. The van der Waals surface area contributed by atoms with Gasteiger partial charge < -0.3 is 5.11 Å². The number of unbranched alkanes of at least 4 members (excludes halogenated alkanes) is 2. The lowest BCUT2D eigenvalue weighted by Crippen LogP contribution is -2.50. The van der Waals surface area contributed by atoms with E-state index in [9.17, 15) is 5.11 Å². The summed E-state index contributed by atoms with van der Waals surface area (Å²) in [6, 6.07) is 0. The molecule has 0 aromatic carbocycles. The third-order valence-corrected chi connectivity index (χ3v) is 9.43. The minimum atomic E-state index is -0.0702. The highest BCUT2D eigenvalue weighted by atomic mass is 16.3. The Bertz CT molecular complexity index is 522. The van der Waals surface area contributed by atoms with Crippen molar-refractivity contribution in [1.29, 1.82) is 0 Å².